The summed E-state index contributed by atoms with van der Waals surface area (Å²) in [5, 5.41) is 9.97. The molecule has 3 rings (SSSR count). The van der Waals surface area contributed by atoms with Crippen LogP contribution in [0.1, 0.15) is 27.0 Å². The van der Waals surface area contributed by atoms with E-state index in [0.29, 0.717) is 16.3 Å². The molecule has 0 radical (unpaired) electrons. The predicted molar refractivity (Wildman–Crippen MR) is 108 cm³/mol. The van der Waals surface area contributed by atoms with Gasteiger partial charge in [0.05, 0.1) is 11.4 Å². The van der Waals surface area contributed by atoms with Crippen molar-refractivity contribution in [3.8, 4) is 11.3 Å². The summed E-state index contributed by atoms with van der Waals surface area (Å²) in [7, 11) is 0. The van der Waals surface area contributed by atoms with Gasteiger partial charge in [-0.2, -0.15) is 0 Å². The Bertz CT molecular complexity index is 937. The Morgan fingerprint density at radius 1 is 0.923 bits per heavy atom. The number of carbonyl (C=O) groups is 1. The van der Waals surface area contributed by atoms with Gasteiger partial charge in [0.1, 0.15) is 5.03 Å². The summed E-state index contributed by atoms with van der Waals surface area (Å²) >= 11 is 7.23. The molecule has 1 heterocycles. The van der Waals surface area contributed by atoms with Crippen LogP contribution in [0.2, 0.25) is 5.02 Å². The lowest BCUT2D eigenvalue weighted by Crippen LogP contribution is -2.02. The van der Waals surface area contributed by atoms with Gasteiger partial charge in [0.25, 0.3) is 0 Å². The molecule has 5 heteroatoms. The largest absolute Gasteiger partial charge is 0.293 e. The first-order valence-electron chi connectivity index (χ1n) is 8.27. The zero-order valence-electron chi connectivity index (χ0n) is 14.9. The van der Waals surface area contributed by atoms with E-state index in [1.54, 1.807) is 24.3 Å². The fraction of sp³-hybridized carbons (Fsp3) is 0.190. The second kappa shape index (κ2) is 8.02. The molecule has 26 heavy (non-hydrogen) atoms. The van der Waals surface area contributed by atoms with E-state index >= 15 is 0 Å². The Morgan fingerprint density at radius 2 is 1.62 bits per heavy atom. The number of aryl methyl sites for hydroxylation is 3. The van der Waals surface area contributed by atoms with Gasteiger partial charge in [-0.1, -0.05) is 29.4 Å². The molecule has 0 N–H and O–H groups in total. The molecule has 0 atom stereocenters. The number of hydrogen-bond donors (Lipinski definition) is 0. The summed E-state index contributed by atoms with van der Waals surface area (Å²) in [6.45, 7) is 6.28. The average molecular weight is 383 g/mol. The molecule has 3 aromatic rings. The molecule has 1 aromatic heterocycles. The van der Waals surface area contributed by atoms with Crippen LogP contribution in [0.4, 0.5) is 0 Å². The number of rotatable bonds is 5. The maximum atomic E-state index is 12.2. The second-order valence-electron chi connectivity index (χ2n) is 6.23. The van der Waals surface area contributed by atoms with Gasteiger partial charge in [0, 0.05) is 16.1 Å². The van der Waals surface area contributed by atoms with E-state index in [4.69, 9.17) is 11.6 Å². The minimum Gasteiger partial charge on any atom is -0.293 e. The normalized spacial score (nSPS) is 10.8. The van der Waals surface area contributed by atoms with Crippen molar-refractivity contribution >= 4 is 29.1 Å². The van der Waals surface area contributed by atoms with Crippen LogP contribution >= 0.6 is 23.4 Å². The monoisotopic (exact) mass is 382 g/mol. The van der Waals surface area contributed by atoms with E-state index in [1.807, 2.05) is 12.1 Å². The number of thioether (sulfide) groups is 1. The molecule has 0 aliphatic rings. The van der Waals surface area contributed by atoms with Gasteiger partial charge in [-0.05, 0) is 79.9 Å². The van der Waals surface area contributed by atoms with Gasteiger partial charge in [0.2, 0.25) is 0 Å². The molecule has 3 nitrogen and oxygen atoms in total. The molecule has 0 aliphatic heterocycles. The third kappa shape index (κ3) is 4.32. The predicted octanol–water partition coefficient (Wildman–Crippen LogP) is 5.70. The van der Waals surface area contributed by atoms with Crippen LogP contribution in [0.5, 0.6) is 0 Å². The third-order valence-corrected chi connectivity index (χ3v) is 5.45. The first-order valence-corrected chi connectivity index (χ1v) is 9.64. The molecule has 0 spiro atoms. The summed E-state index contributed by atoms with van der Waals surface area (Å²) < 4.78 is 0. The van der Waals surface area contributed by atoms with Crippen LogP contribution < -0.4 is 0 Å². The minimum atomic E-state index is 0.0440. The van der Waals surface area contributed by atoms with Gasteiger partial charge in [0.15, 0.2) is 5.78 Å². The molecule has 0 fully saturated rings. The number of halogens is 1. The zero-order valence-corrected chi connectivity index (χ0v) is 16.5. The maximum Gasteiger partial charge on any atom is 0.173 e. The van der Waals surface area contributed by atoms with Crippen LogP contribution in [-0.4, -0.2) is 21.7 Å². The van der Waals surface area contributed by atoms with Gasteiger partial charge < -0.3 is 0 Å². The second-order valence-corrected chi connectivity index (χ2v) is 7.66. The SMILES string of the molecule is Cc1cc(C)c(-c2ccc(SCC(=O)c3ccc(Cl)cc3)nn2)cc1C. The van der Waals surface area contributed by atoms with E-state index in [2.05, 4.69) is 43.1 Å². The molecule has 2 aromatic carbocycles. The Morgan fingerprint density at radius 3 is 2.27 bits per heavy atom. The first-order chi connectivity index (χ1) is 12.4. The number of aromatic nitrogens is 2. The molecule has 0 saturated carbocycles. The van der Waals surface area contributed by atoms with Crippen molar-refractivity contribution in [2.75, 3.05) is 5.75 Å². The molecule has 0 unspecified atom stereocenters. The highest BCUT2D eigenvalue weighted by atomic mass is 35.5. The summed E-state index contributed by atoms with van der Waals surface area (Å²) in [6, 6.07) is 15.1. The molecule has 0 aliphatic carbocycles. The van der Waals surface area contributed by atoms with Crippen molar-refractivity contribution in [3.63, 3.8) is 0 Å². The number of hydrogen-bond acceptors (Lipinski definition) is 4. The van der Waals surface area contributed by atoms with Crippen molar-refractivity contribution in [2.24, 2.45) is 0 Å². The fourth-order valence-corrected chi connectivity index (χ4v) is 3.47. The lowest BCUT2D eigenvalue weighted by molar-refractivity contribution is 0.102. The van der Waals surface area contributed by atoms with Crippen molar-refractivity contribution in [2.45, 2.75) is 25.8 Å². The quantitative estimate of drug-likeness (QED) is 0.419. The number of Topliss-reactive ketones (excluding diaryl/α,β-unsaturated/α-hetero) is 1. The number of benzene rings is 2. The molecule has 0 bridgehead atoms. The van der Waals surface area contributed by atoms with Gasteiger partial charge >= 0.3 is 0 Å². The molecule has 132 valence electrons. The van der Waals surface area contributed by atoms with Gasteiger partial charge in [-0.25, -0.2) is 0 Å². The third-order valence-electron chi connectivity index (χ3n) is 4.27. The van der Waals surface area contributed by atoms with E-state index in [-0.39, 0.29) is 5.78 Å². The summed E-state index contributed by atoms with van der Waals surface area (Å²) in [4.78, 5) is 12.2. The molecular weight excluding hydrogens is 364 g/mol. The van der Waals surface area contributed by atoms with Crippen LogP contribution in [0.15, 0.2) is 53.6 Å². The lowest BCUT2D eigenvalue weighted by Gasteiger charge is -2.09. The van der Waals surface area contributed by atoms with E-state index in [1.165, 1.54) is 28.5 Å². The van der Waals surface area contributed by atoms with Crippen molar-refractivity contribution in [1.82, 2.24) is 10.2 Å². The topological polar surface area (TPSA) is 42.9 Å². The number of nitrogens with zero attached hydrogens (tertiary/aromatic N) is 2. The summed E-state index contributed by atoms with van der Waals surface area (Å²) in [5.74, 6) is 0.362. The van der Waals surface area contributed by atoms with Crippen LogP contribution in [0.3, 0.4) is 0 Å². The Kier molecular flexibility index (Phi) is 5.74. The average Bonchev–Trinajstić information content (AvgIpc) is 2.64. The summed E-state index contributed by atoms with van der Waals surface area (Å²) in [6.07, 6.45) is 0. The van der Waals surface area contributed by atoms with Crippen LogP contribution in [0.25, 0.3) is 11.3 Å². The van der Waals surface area contributed by atoms with Crippen LogP contribution in [-0.2, 0) is 0 Å². The highest BCUT2D eigenvalue weighted by Crippen LogP contribution is 2.26. The Hall–Kier alpha value is -2.17. The van der Waals surface area contributed by atoms with Crippen molar-refractivity contribution in [1.29, 1.82) is 0 Å². The minimum absolute atomic E-state index is 0.0440. The van der Waals surface area contributed by atoms with Crippen molar-refractivity contribution in [3.05, 3.63) is 75.8 Å². The van der Waals surface area contributed by atoms with Gasteiger partial charge in [-0.3, -0.25) is 4.79 Å². The standard InChI is InChI=1S/C21H19ClN2OS/c1-13-10-15(3)18(11-14(13)2)19-8-9-21(24-23-19)26-12-20(25)16-4-6-17(22)7-5-16/h4-11H,12H2,1-3H3. The number of carbonyl (C=O) groups excluding carboxylic acids is 1. The Labute approximate surface area is 162 Å². The van der Waals surface area contributed by atoms with E-state index < -0.39 is 0 Å². The smallest absolute Gasteiger partial charge is 0.173 e. The maximum absolute atomic E-state index is 12.2. The van der Waals surface area contributed by atoms with Crippen molar-refractivity contribution < 1.29 is 4.79 Å². The molecule has 0 saturated heterocycles. The first kappa shape index (κ1) is 18.6. The van der Waals surface area contributed by atoms with Crippen LogP contribution in [0, 0.1) is 20.8 Å². The van der Waals surface area contributed by atoms with Gasteiger partial charge in [-0.15, -0.1) is 10.2 Å². The zero-order chi connectivity index (χ0) is 18.7. The summed E-state index contributed by atoms with van der Waals surface area (Å²) in [5.41, 5.74) is 6.28. The van der Waals surface area contributed by atoms with E-state index in [9.17, 15) is 4.79 Å². The highest BCUT2D eigenvalue weighted by Gasteiger charge is 2.10. The number of ketones is 1. The molecule has 0 amide bonds. The van der Waals surface area contributed by atoms with E-state index in [0.717, 1.165) is 16.3 Å². The molecular formula is C21H19ClN2OS. The fourth-order valence-electron chi connectivity index (χ4n) is 2.64. The highest BCUT2D eigenvalue weighted by molar-refractivity contribution is 7.99. The lowest BCUT2D eigenvalue weighted by atomic mass is 9.99. The Balaban J connectivity index is 1.69.